The summed E-state index contributed by atoms with van der Waals surface area (Å²) in [6, 6.07) is 22.5. The lowest BCUT2D eigenvalue weighted by Gasteiger charge is -2.15. The molecule has 0 saturated heterocycles. The number of aromatic nitrogens is 2. The van der Waals surface area contributed by atoms with E-state index in [-0.39, 0.29) is 0 Å². The molecule has 5 aromatic rings. The minimum Gasteiger partial charge on any atom is -0.345 e. The molecule has 37 heavy (non-hydrogen) atoms. The molecule has 0 atom stereocenters. The molecular weight excluding hydrogens is 517 g/mol. The van der Waals surface area contributed by atoms with Gasteiger partial charge in [-0.25, -0.2) is 0 Å². The van der Waals surface area contributed by atoms with Crippen molar-refractivity contribution in [1.82, 2.24) is 8.97 Å². The first kappa shape index (κ1) is 24.3. The van der Waals surface area contributed by atoms with Crippen molar-refractivity contribution in [3.8, 4) is 22.4 Å². The monoisotopic (exact) mass is 543 g/mol. The Labute approximate surface area is 232 Å². The number of thiocarbonyl (C=S) groups is 1. The molecule has 0 fully saturated rings. The Bertz CT molecular complexity index is 1640. The fourth-order valence-corrected chi connectivity index (χ4v) is 6.02. The third kappa shape index (κ3) is 4.27. The van der Waals surface area contributed by atoms with Gasteiger partial charge in [0, 0.05) is 39.6 Å². The average Bonchev–Trinajstić information content (AvgIpc) is 3.30. The van der Waals surface area contributed by atoms with Crippen molar-refractivity contribution < 1.29 is 0 Å². The van der Waals surface area contributed by atoms with Gasteiger partial charge < -0.3 is 9.88 Å². The smallest absolute Gasteiger partial charge is 0.128 e. The predicted octanol–water partition coefficient (Wildman–Crippen LogP) is 9.12. The van der Waals surface area contributed by atoms with Crippen LogP contribution in [0.2, 0.25) is 10.0 Å². The number of benzene rings is 3. The number of rotatable bonds is 4. The van der Waals surface area contributed by atoms with Gasteiger partial charge in [0.2, 0.25) is 0 Å². The number of nitrogens with zero attached hydrogens (tertiary/aromatic N) is 2. The van der Waals surface area contributed by atoms with Gasteiger partial charge in [-0.15, -0.1) is 0 Å². The van der Waals surface area contributed by atoms with E-state index in [1.54, 1.807) is 0 Å². The standard InChI is InChI=1S/C31H27Cl2N3S/c1-19-6-5-8-26(20(19)2)34-30(37)29-28(22-11-15-24(33)16-12-22)25-7-3-4-17-35-27(18-36(29)31(25)35)21-9-13-23(32)14-10-21/h5-6,8-16,18H,3-4,7,17H2,1-2H3,(H,34,37). The van der Waals surface area contributed by atoms with Crippen molar-refractivity contribution in [2.45, 2.75) is 39.7 Å². The number of imidazole rings is 1. The summed E-state index contributed by atoms with van der Waals surface area (Å²) >= 11 is 18.7. The summed E-state index contributed by atoms with van der Waals surface area (Å²) in [6.07, 6.45) is 5.48. The van der Waals surface area contributed by atoms with Crippen LogP contribution in [0.15, 0.2) is 72.9 Å². The molecule has 0 bridgehead atoms. The zero-order valence-electron chi connectivity index (χ0n) is 20.8. The summed E-state index contributed by atoms with van der Waals surface area (Å²) in [5.74, 6) is 0. The van der Waals surface area contributed by atoms with Crippen LogP contribution in [0.4, 0.5) is 5.69 Å². The van der Waals surface area contributed by atoms with Crippen molar-refractivity contribution in [1.29, 1.82) is 0 Å². The van der Waals surface area contributed by atoms with Gasteiger partial charge >= 0.3 is 0 Å². The van der Waals surface area contributed by atoms with Crippen molar-refractivity contribution in [2.24, 2.45) is 0 Å². The zero-order valence-corrected chi connectivity index (χ0v) is 23.1. The highest BCUT2D eigenvalue weighted by atomic mass is 35.5. The summed E-state index contributed by atoms with van der Waals surface area (Å²) in [5, 5.41) is 5.05. The average molecular weight is 545 g/mol. The molecule has 186 valence electrons. The first-order chi connectivity index (χ1) is 17.9. The maximum Gasteiger partial charge on any atom is 0.128 e. The van der Waals surface area contributed by atoms with Crippen LogP contribution in [0.25, 0.3) is 28.0 Å². The lowest BCUT2D eigenvalue weighted by molar-refractivity contribution is 0.647. The molecule has 3 nitrogen and oxygen atoms in total. The summed E-state index contributed by atoms with van der Waals surface area (Å²) in [6.45, 7) is 5.22. The highest BCUT2D eigenvalue weighted by molar-refractivity contribution is 7.81. The van der Waals surface area contributed by atoms with Crippen molar-refractivity contribution >= 4 is 51.7 Å². The van der Waals surface area contributed by atoms with E-state index in [0.717, 1.165) is 58.4 Å². The second-order valence-corrected chi connectivity index (χ2v) is 11.0. The number of halogens is 2. The van der Waals surface area contributed by atoms with Gasteiger partial charge in [-0.3, -0.25) is 4.40 Å². The van der Waals surface area contributed by atoms with Gasteiger partial charge in [-0.1, -0.05) is 71.8 Å². The molecule has 1 aliphatic rings. The third-order valence-corrected chi connectivity index (χ3v) is 8.27. The first-order valence-electron chi connectivity index (χ1n) is 12.6. The predicted molar refractivity (Wildman–Crippen MR) is 160 cm³/mol. The minimum atomic E-state index is 0.709. The Kier molecular flexibility index (Phi) is 6.36. The van der Waals surface area contributed by atoms with Crippen LogP contribution < -0.4 is 5.32 Å². The third-order valence-electron chi connectivity index (χ3n) is 7.47. The Hall–Kier alpha value is -3.05. The molecule has 6 heteroatoms. The number of hydrogen-bond acceptors (Lipinski definition) is 1. The normalized spacial score (nSPS) is 13.1. The van der Waals surface area contributed by atoms with Crippen molar-refractivity contribution in [2.75, 3.05) is 5.32 Å². The van der Waals surface area contributed by atoms with Crippen LogP contribution in [0.1, 0.15) is 35.2 Å². The molecule has 0 unspecified atom stereocenters. The summed E-state index contributed by atoms with van der Waals surface area (Å²) < 4.78 is 4.75. The molecule has 0 saturated carbocycles. The minimum absolute atomic E-state index is 0.709. The SMILES string of the molecule is Cc1cccc(NC(=S)c2c(-c3ccc(Cl)cc3)c3c4n(c(-c5ccc(Cl)cc5)cn24)CCCC3)c1C. The van der Waals surface area contributed by atoms with E-state index in [1.807, 2.05) is 24.3 Å². The van der Waals surface area contributed by atoms with Crippen molar-refractivity contribution in [3.05, 3.63) is 105 Å². The van der Waals surface area contributed by atoms with Crippen LogP contribution in [0.3, 0.4) is 0 Å². The van der Waals surface area contributed by atoms with Gasteiger partial charge in [-0.05, 0) is 85.7 Å². The lowest BCUT2D eigenvalue weighted by Crippen LogP contribution is -2.15. The van der Waals surface area contributed by atoms with E-state index in [9.17, 15) is 0 Å². The Morgan fingerprint density at radius 3 is 2.24 bits per heavy atom. The topological polar surface area (TPSA) is 21.4 Å². The van der Waals surface area contributed by atoms with E-state index < -0.39 is 0 Å². The second kappa shape index (κ2) is 9.68. The van der Waals surface area contributed by atoms with Gasteiger partial charge in [-0.2, -0.15) is 0 Å². The van der Waals surface area contributed by atoms with E-state index >= 15 is 0 Å². The molecule has 1 N–H and O–H groups in total. The van der Waals surface area contributed by atoms with E-state index in [4.69, 9.17) is 35.4 Å². The van der Waals surface area contributed by atoms with Crippen LogP contribution in [0, 0.1) is 13.8 Å². The molecule has 6 rings (SSSR count). The highest BCUT2D eigenvalue weighted by Crippen LogP contribution is 2.40. The Morgan fingerprint density at radius 2 is 1.54 bits per heavy atom. The lowest BCUT2D eigenvalue weighted by atomic mass is 9.98. The van der Waals surface area contributed by atoms with E-state index in [0.29, 0.717) is 4.99 Å². The van der Waals surface area contributed by atoms with Crippen LogP contribution >= 0.6 is 35.4 Å². The number of anilines is 1. The molecule has 0 radical (unpaired) electrons. The first-order valence-corrected chi connectivity index (χ1v) is 13.7. The Morgan fingerprint density at radius 1 is 0.865 bits per heavy atom. The zero-order chi connectivity index (χ0) is 25.7. The molecule has 3 heterocycles. The highest BCUT2D eigenvalue weighted by Gasteiger charge is 2.28. The maximum absolute atomic E-state index is 6.28. The van der Waals surface area contributed by atoms with Gasteiger partial charge in [0.25, 0.3) is 0 Å². The molecule has 0 spiro atoms. The summed E-state index contributed by atoms with van der Waals surface area (Å²) in [4.78, 5) is 0.709. The van der Waals surface area contributed by atoms with E-state index in [2.05, 4.69) is 76.8 Å². The summed E-state index contributed by atoms with van der Waals surface area (Å²) in [7, 11) is 0. The van der Waals surface area contributed by atoms with Gasteiger partial charge in [0.1, 0.15) is 10.6 Å². The molecular formula is C31H27Cl2N3S. The van der Waals surface area contributed by atoms with Crippen LogP contribution in [-0.2, 0) is 13.0 Å². The largest absolute Gasteiger partial charge is 0.345 e. The van der Waals surface area contributed by atoms with Crippen molar-refractivity contribution in [3.63, 3.8) is 0 Å². The van der Waals surface area contributed by atoms with Gasteiger partial charge in [0.05, 0.1) is 11.4 Å². The fraction of sp³-hybridized carbons (Fsp3) is 0.194. The fourth-order valence-electron chi connectivity index (χ4n) is 5.46. The van der Waals surface area contributed by atoms with Gasteiger partial charge in [0.15, 0.2) is 0 Å². The van der Waals surface area contributed by atoms with Crippen LogP contribution in [-0.4, -0.2) is 14.0 Å². The molecule has 0 amide bonds. The van der Waals surface area contributed by atoms with E-state index in [1.165, 1.54) is 33.6 Å². The number of aryl methyl sites for hydroxylation is 3. The molecule has 3 aromatic carbocycles. The molecule has 1 aliphatic heterocycles. The Balaban J connectivity index is 1.61. The quantitative estimate of drug-likeness (QED) is 0.228. The maximum atomic E-state index is 6.28. The second-order valence-electron chi connectivity index (χ2n) is 9.73. The number of hydrogen-bond donors (Lipinski definition) is 1. The van der Waals surface area contributed by atoms with Crippen LogP contribution in [0.5, 0.6) is 0 Å². The molecule has 2 aromatic heterocycles. The molecule has 0 aliphatic carbocycles. The summed E-state index contributed by atoms with van der Waals surface area (Å²) in [5.41, 5.74) is 11.7. The number of nitrogens with one attached hydrogen (secondary N) is 1.